The fourth-order valence-electron chi connectivity index (χ4n) is 2.46. The van der Waals surface area contributed by atoms with Crippen LogP contribution in [-0.2, 0) is 17.9 Å². The lowest BCUT2D eigenvalue weighted by atomic mass is 10.1. The van der Waals surface area contributed by atoms with Crippen LogP contribution in [0.5, 0.6) is 0 Å². The summed E-state index contributed by atoms with van der Waals surface area (Å²) in [4.78, 5) is 14.5. The number of nitrogens with two attached hydrogens (primary N) is 1. The summed E-state index contributed by atoms with van der Waals surface area (Å²) in [5, 5.41) is 7.91. The number of hydrogen-bond acceptors (Lipinski definition) is 6. The van der Waals surface area contributed by atoms with E-state index in [2.05, 4.69) is 10.3 Å². The van der Waals surface area contributed by atoms with E-state index in [0.29, 0.717) is 19.6 Å². The summed E-state index contributed by atoms with van der Waals surface area (Å²) in [5.74, 6) is 1.18. The lowest BCUT2D eigenvalue weighted by Gasteiger charge is -2.25. The van der Waals surface area contributed by atoms with Crippen molar-refractivity contribution in [3.05, 3.63) is 34.0 Å². The van der Waals surface area contributed by atoms with Gasteiger partial charge in [-0.2, -0.15) is 0 Å². The van der Waals surface area contributed by atoms with Crippen molar-refractivity contribution in [1.82, 2.24) is 15.2 Å². The predicted octanol–water partition coefficient (Wildman–Crippen LogP) is 2.02. The molecular weight excluding hydrogens is 296 g/mol. The molecule has 0 aliphatic heterocycles. The van der Waals surface area contributed by atoms with E-state index in [9.17, 15) is 4.79 Å². The van der Waals surface area contributed by atoms with E-state index in [1.54, 1.807) is 4.90 Å². The van der Waals surface area contributed by atoms with Crippen LogP contribution in [0.3, 0.4) is 0 Å². The van der Waals surface area contributed by atoms with Gasteiger partial charge < -0.3 is 19.7 Å². The van der Waals surface area contributed by atoms with Crippen LogP contribution in [0.25, 0.3) is 0 Å². The molecule has 0 saturated heterocycles. The van der Waals surface area contributed by atoms with Gasteiger partial charge in [0.2, 0.25) is 5.91 Å². The molecule has 2 aromatic rings. The molecule has 1 amide bonds. The summed E-state index contributed by atoms with van der Waals surface area (Å²) in [6.45, 7) is 10.4. The second-order valence-electron chi connectivity index (χ2n) is 5.94. The first kappa shape index (κ1) is 17.2. The van der Waals surface area contributed by atoms with Gasteiger partial charge in [0.25, 0.3) is 0 Å². The SMILES string of the molecule is Cc1noc(C)c1CN(Cc1c(C)noc1C)C(=O)C(C)CN. The van der Waals surface area contributed by atoms with Crippen LogP contribution >= 0.6 is 0 Å². The third-order valence-electron chi connectivity index (χ3n) is 4.15. The van der Waals surface area contributed by atoms with Crippen LogP contribution in [0.15, 0.2) is 9.05 Å². The van der Waals surface area contributed by atoms with Gasteiger partial charge in [-0.3, -0.25) is 4.79 Å². The zero-order valence-electron chi connectivity index (χ0n) is 14.3. The first-order valence-electron chi connectivity index (χ1n) is 7.67. The number of carbonyl (C=O) groups excluding carboxylic acids is 1. The van der Waals surface area contributed by atoms with E-state index in [1.165, 1.54) is 0 Å². The second kappa shape index (κ2) is 6.95. The standard InChI is InChI=1S/C16H24N4O3/c1-9(6-17)16(21)20(7-14-10(2)18-22-12(14)4)8-15-11(3)19-23-13(15)5/h9H,6-8,17H2,1-5H3. The number of hydrogen-bond donors (Lipinski definition) is 1. The normalized spacial score (nSPS) is 12.4. The van der Waals surface area contributed by atoms with Gasteiger partial charge in [-0.25, -0.2) is 0 Å². The Balaban J connectivity index is 2.30. The molecule has 2 aromatic heterocycles. The second-order valence-corrected chi connectivity index (χ2v) is 5.94. The fourth-order valence-corrected chi connectivity index (χ4v) is 2.46. The molecule has 2 heterocycles. The van der Waals surface area contributed by atoms with Crippen LogP contribution in [-0.4, -0.2) is 27.7 Å². The summed E-state index contributed by atoms with van der Waals surface area (Å²) in [7, 11) is 0. The molecule has 1 unspecified atom stereocenters. The minimum Gasteiger partial charge on any atom is -0.361 e. The average Bonchev–Trinajstić information content (AvgIpc) is 3.02. The van der Waals surface area contributed by atoms with E-state index in [4.69, 9.17) is 14.8 Å². The van der Waals surface area contributed by atoms with Crippen molar-refractivity contribution in [3.8, 4) is 0 Å². The summed E-state index contributed by atoms with van der Waals surface area (Å²) < 4.78 is 10.4. The first-order valence-corrected chi connectivity index (χ1v) is 7.67. The molecule has 1 atom stereocenters. The topological polar surface area (TPSA) is 98.4 Å². The van der Waals surface area contributed by atoms with Crippen molar-refractivity contribution in [2.45, 2.75) is 47.7 Å². The highest BCUT2D eigenvalue weighted by Gasteiger charge is 2.24. The van der Waals surface area contributed by atoms with Crippen molar-refractivity contribution in [3.63, 3.8) is 0 Å². The summed E-state index contributed by atoms with van der Waals surface area (Å²) in [6.07, 6.45) is 0. The summed E-state index contributed by atoms with van der Waals surface area (Å²) in [6, 6.07) is 0. The molecule has 0 bridgehead atoms. The van der Waals surface area contributed by atoms with E-state index < -0.39 is 0 Å². The van der Waals surface area contributed by atoms with Gasteiger partial charge in [-0.05, 0) is 27.7 Å². The highest BCUT2D eigenvalue weighted by molar-refractivity contribution is 5.78. The van der Waals surface area contributed by atoms with E-state index in [-0.39, 0.29) is 11.8 Å². The maximum atomic E-state index is 12.7. The average molecular weight is 320 g/mol. The van der Waals surface area contributed by atoms with Crippen molar-refractivity contribution in [1.29, 1.82) is 0 Å². The lowest BCUT2D eigenvalue weighted by Crippen LogP contribution is -2.37. The molecule has 7 nitrogen and oxygen atoms in total. The van der Waals surface area contributed by atoms with Gasteiger partial charge in [0.05, 0.1) is 24.5 Å². The molecule has 23 heavy (non-hydrogen) atoms. The molecule has 0 aliphatic carbocycles. The van der Waals surface area contributed by atoms with Gasteiger partial charge in [-0.15, -0.1) is 0 Å². The zero-order valence-corrected chi connectivity index (χ0v) is 14.3. The molecule has 0 fully saturated rings. The fraction of sp³-hybridized carbons (Fsp3) is 0.562. The van der Waals surface area contributed by atoms with Crippen LogP contribution < -0.4 is 5.73 Å². The molecule has 7 heteroatoms. The number of amides is 1. The smallest absolute Gasteiger partial charge is 0.227 e. The molecule has 0 aliphatic rings. The first-order chi connectivity index (χ1) is 10.8. The van der Waals surface area contributed by atoms with Crippen LogP contribution in [0.2, 0.25) is 0 Å². The Morgan fingerprint density at radius 2 is 1.48 bits per heavy atom. The number of carbonyl (C=O) groups is 1. The Kier molecular flexibility index (Phi) is 5.20. The molecule has 2 N–H and O–H groups in total. The van der Waals surface area contributed by atoms with E-state index >= 15 is 0 Å². The molecule has 0 aromatic carbocycles. The molecule has 0 radical (unpaired) electrons. The highest BCUT2D eigenvalue weighted by atomic mass is 16.5. The third-order valence-corrected chi connectivity index (χ3v) is 4.15. The van der Waals surface area contributed by atoms with Crippen LogP contribution in [0.4, 0.5) is 0 Å². The quantitative estimate of drug-likeness (QED) is 0.874. The molecule has 0 saturated carbocycles. The highest BCUT2D eigenvalue weighted by Crippen LogP contribution is 2.21. The maximum Gasteiger partial charge on any atom is 0.227 e. The molecule has 126 valence electrons. The summed E-state index contributed by atoms with van der Waals surface area (Å²) >= 11 is 0. The summed E-state index contributed by atoms with van der Waals surface area (Å²) in [5.41, 5.74) is 9.10. The Morgan fingerprint density at radius 1 is 1.04 bits per heavy atom. The van der Waals surface area contributed by atoms with E-state index in [1.807, 2.05) is 34.6 Å². The molecular formula is C16H24N4O3. The van der Waals surface area contributed by atoms with E-state index in [0.717, 1.165) is 34.0 Å². The largest absolute Gasteiger partial charge is 0.361 e. The van der Waals surface area contributed by atoms with Gasteiger partial charge in [0.1, 0.15) is 11.5 Å². The van der Waals surface area contributed by atoms with Crippen LogP contribution in [0.1, 0.15) is 41.0 Å². The Hall–Kier alpha value is -2.15. The zero-order chi connectivity index (χ0) is 17.1. The predicted molar refractivity (Wildman–Crippen MR) is 84.4 cm³/mol. The Morgan fingerprint density at radius 3 is 1.78 bits per heavy atom. The maximum absolute atomic E-state index is 12.7. The molecule has 2 rings (SSSR count). The Bertz CT molecular complexity index is 602. The van der Waals surface area contributed by atoms with Gasteiger partial charge >= 0.3 is 0 Å². The number of aryl methyl sites for hydroxylation is 4. The van der Waals surface area contributed by atoms with Gasteiger partial charge in [0, 0.05) is 23.6 Å². The number of rotatable bonds is 6. The van der Waals surface area contributed by atoms with Crippen molar-refractivity contribution in [2.24, 2.45) is 11.7 Å². The lowest BCUT2D eigenvalue weighted by molar-refractivity contribution is -0.136. The van der Waals surface area contributed by atoms with Crippen LogP contribution in [0, 0.1) is 33.6 Å². The number of nitrogens with zero attached hydrogens (tertiary/aromatic N) is 3. The van der Waals surface area contributed by atoms with Crippen molar-refractivity contribution in [2.75, 3.05) is 6.54 Å². The Labute approximate surface area is 135 Å². The van der Waals surface area contributed by atoms with Crippen molar-refractivity contribution >= 4 is 5.91 Å². The van der Waals surface area contributed by atoms with Crippen molar-refractivity contribution < 1.29 is 13.8 Å². The third kappa shape index (κ3) is 3.61. The monoisotopic (exact) mass is 320 g/mol. The minimum absolute atomic E-state index is 0.00694. The minimum atomic E-state index is -0.254. The van der Waals surface area contributed by atoms with Gasteiger partial charge in [0.15, 0.2) is 0 Å². The molecule has 0 spiro atoms. The van der Waals surface area contributed by atoms with Gasteiger partial charge in [-0.1, -0.05) is 17.2 Å². The number of aromatic nitrogens is 2.